The van der Waals surface area contributed by atoms with E-state index >= 15 is 0 Å². The fourth-order valence-corrected chi connectivity index (χ4v) is 1.04. The number of thiazole rings is 1. The maximum absolute atomic E-state index is 10.8. The average Bonchev–Trinajstić information content (AvgIpc) is 2.40. The zero-order valence-electron chi connectivity index (χ0n) is 5.70. The van der Waals surface area contributed by atoms with Gasteiger partial charge in [0, 0.05) is 11.6 Å². The molecule has 0 atom stereocenters. The van der Waals surface area contributed by atoms with E-state index in [-0.39, 0.29) is 6.03 Å². The van der Waals surface area contributed by atoms with Crippen molar-refractivity contribution in [3.8, 4) is 0 Å². The normalized spacial score (nSPS) is 8.73. The molecule has 0 fully saturated rings. The highest BCUT2D eigenvalue weighted by Crippen LogP contribution is 2.09. The number of nitrogens with zero attached hydrogens (tertiary/aromatic N) is 1. The van der Waals surface area contributed by atoms with E-state index in [9.17, 15) is 4.79 Å². The molecular formula is C6H7N3OS. The van der Waals surface area contributed by atoms with E-state index in [1.807, 2.05) is 0 Å². The first-order valence-corrected chi connectivity index (χ1v) is 3.79. The summed E-state index contributed by atoms with van der Waals surface area (Å²) in [4.78, 5) is 14.6. The van der Waals surface area contributed by atoms with Crippen molar-refractivity contribution in [3.63, 3.8) is 0 Å². The zero-order valence-corrected chi connectivity index (χ0v) is 6.52. The van der Waals surface area contributed by atoms with E-state index in [1.165, 1.54) is 17.5 Å². The second-order valence-corrected chi connectivity index (χ2v) is 2.53. The molecule has 1 aromatic rings. The number of urea groups is 1. The molecule has 0 aliphatic carbocycles. The summed E-state index contributed by atoms with van der Waals surface area (Å²) in [5.74, 6) is 0. The van der Waals surface area contributed by atoms with Crippen molar-refractivity contribution in [2.75, 3.05) is 5.32 Å². The molecule has 0 unspecified atom stereocenters. The molecule has 1 aromatic heterocycles. The van der Waals surface area contributed by atoms with Crippen LogP contribution in [-0.4, -0.2) is 11.0 Å². The number of aromatic nitrogens is 1. The van der Waals surface area contributed by atoms with Crippen LogP contribution in [0.5, 0.6) is 0 Å². The van der Waals surface area contributed by atoms with Crippen LogP contribution in [0.2, 0.25) is 0 Å². The molecule has 1 heterocycles. The van der Waals surface area contributed by atoms with Gasteiger partial charge in [-0.15, -0.1) is 11.3 Å². The number of nitrogens with one attached hydrogen (secondary N) is 2. The summed E-state index contributed by atoms with van der Waals surface area (Å²) >= 11 is 1.36. The molecule has 2 N–H and O–H groups in total. The van der Waals surface area contributed by atoms with Crippen molar-refractivity contribution in [2.24, 2.45) is 0 Å². The SMILES string of the molecule is C=CNC(=O)Nc1nccs1. The Morgan fingerprint density at radius 2 is 2.64 bits per heavy atom. The summed E-state index contributed by atoms with van der Waals surface area (Å²) in [7, 11) is 0. The van der Waals surface area contributed by atoms with Gasteiger partial charge in [0.1, 0.15) is 0 Å². The van der Waals surface area contributed by atoms with Crippen LogP contribution in [0.3, 0.4) is 0 Å². The number of amides is 2. The molecule has 0 aliphatic heterocycles. The Hall–Kier alpha value is -1.36. The van der Waals surface area contributed by atoms with Crippen LogP contribution in [-0.2, 0) is 0 Å². The Kier molecular flexibility index (Phi) is 2.62. The lowest BCUT2D eigenvalue weighted by Gasteiger charge is -1.97. The Morgan fingerprint density at radius 1 is 1.82 bits per heavy atom. The van der Waals surface area contributed by atoms with Gasteiger partial charge in [-0.1, -0.05) is 6.58 Å². The van der Waals surface area contributed by atoms with Crippen LogP contribution < -0.4 is 10.6 Å². The molecule has 0 saturated heterocycles. The standard InChI is InChI=1S/C6H7N3OS/c1-2-7-5(10)9-6-8-3-4-11-6/h2-4H,1H2,(H2,7,8,9,10). The van der Waals surface area contributed by atoms with Crippen molar-refractivity contribution in [1.29, 1.82) is 0 Å². The Balaban J connectivity index is 2.43. The smallest absolute Gasteiger partial charge is 0.315 e. The van der Waals surface area contributed by atoms with Gasteiger partial charge in [-0.25, -0.2) is 9.78 Å². The molecule has 2 amide bonds. The number of carbonyl (C=O) groups is 1. The lowest BCUT2D eigenvalue weighted by atomic mass is 10.8. The highest BCUT2D eigenvalue weighted by atomic mass is 32.1. The van der Waals surface area contributed by atoms with E-state index in [0.29, 0.717) is 5.13 Å². The Labute approximate surface area is 68.0 Å². The monoisotopic (exact) mass is 169 g/mol. The third-order valence-corrected chi connectivity index (χ3v) is 1.57. The minimum absolute atomic E-state index is 0.324. The predicted molar refractivity (Wildman–Crippen MR) is 44.5 cm³/mol. The summed E-state index contributed by atoms with van der Waals surface area (Å²) in [6, 6.07) is -0.324. The van der Waals surface area contributed by atoms with Crippen LogP contribution in [0.15, 0.2) is 24.4 Å². The highest BCUT2D eigenvalue weighted by molar-refractivity contribution is 7.13. The Morgan fingerprint density at radius 3 is 3.18 bits per heavy atom. The quantitative estimate of drug-likeness (QED) is 0.703. The van der Waals surface area contributed by atoms with Gasteiger partial charge in [-0.05, 0) is 6.20 Å². The van der Waals surface area contributed by atoms with Crippen LogP contribution >= 0.6 is 11.3 Å². The molecule has 0 saturated carbocycles. The topological polar surface area (TPSA) is 54.0 Å². The lowest BCUT2D eigenvalue weighted by Crippen LogP contribution is -2.23. The van der Waals surface area contributed by atoms with E-state index < -0.39 is 0 Å². The molecule has 5 heteroatoms. The lowest BCUT2D eigenvalue weighted by molar-refractivity contribution is 0.255. The largest absolute Gasteiger partial charge is 0.324 e. The maximum atomic E-state index is 10.8. The molecule has 1 rings (SSSR count). The first-order chi connectivity index (χ1) is 5.33. The number of carbonyl (C=O) groups excluding carboxylic acids is 1. The molecular weight excluding hydrogens is 162 g/mol. The molecule has 11 heavy (non-hydrogen) atoms. The van der Waals surface area contributed by atoms with Gasteiger partial charge in [0.15, 0.2) is 5.13 Å². The molecule has 0 bridgehead atoms. The fraction of sp³-hybridized carbons (Fsp3) is 0. The van der Waals surface area contributed by atoms with Crippen LogP contribution in [0.25, 0.3) is 0 Å². The summed E-state index contributed by atoms with van der Waals surface area (Å²) in [5.41, 5.74) is 0. The fourth-order valence-electron chi connectivity index (χ4n) is 0.511. The minimum atomic E-state index is -0.324. The van der Waals surface area contributed by atoms with Gasteiger partial charge in [0.2, 0.25) is 0 Å². The number of anilines is 1. The molecule has 0 aliphatic rings. The number of hydrogen-bond acceptors (Lipinski definition) is 3. The first-order valence-electron chi connectivity index (χ1n) is 2.91. The van der Waals surface area contributed by atoms with Gasteiger partial charge >= 0.3 is 6.03 Å². The van der Waals surface area contributed by atoms with Crippen molar-refractivity contribution in [3.05, 3.63) is 24.4 Å². The first kappa shape index (κ1) is 7.74. The van der Waals surface area contributed by atoms with Crippen LogP contribution in [0.4, 0.5) is 9.93 Å². The van der Waals surface area contributed by atoms with Gasteiger partial charge in [-0.3, -0.25) is 5.32 Å². The van der Waals surface area contributed by atoms with Gasteiger partial charge in [-0.2, -0.15) is 0 Å². The van der Waals surface area contributed by atoms with Gasteiger partial charge in [0.05, 0.1) is 0 Å². The molecule has 4 nitrogen and oxygen atoms in total. The third kappa shape index (κ3) is 2.38. The highest BCUT2D eigenvalue weighted by Gasteiger charge is 1.98. The number of rotatable bonds is 2. The summed E-state index contributed by atoms with van der Waals surface area (Å²) < 4.78 is 0. The molecule has 58 valence electrons. The van der Waals surface area contributed by atoms with Gasteiger partial charge in [0.25, 0.3) is 0 Å². The van der Waals surface area contributed by atoms with E-state index in [2.05, 4.69) is 22.2 Å². The second-order valence-electron chi connectivity index (χ2n) is 1.64. The van der Waals surface area contributed by atoms with E-state index in [4.69, 9.17) is 0 Å². The second kappa shape index (κ2) is 3.72. The molecule has 0 aromatic carbocycles. The third-order valence-electron chi connectivity index (χ3n) is 0.886. The van der Waals surface area contributed by atoms with Crippen molar-refractivity contribution < 1.29 is 4.79 Å². The molecule has 0 spiro atoms. The van der Waals surface area contributed by atoms with Crippen molar-refractivity contribution in [1.82, 2.24) is 10.3 Å². The van der Waals surface area contributed by atoms with E-state index in [0.717, 1.165) is 0 Å². The van der Waals surface area contributed by atoms with Gasteiger partial charge < -0.3 is 5.32 Å². The predicted octanol–water partition coefficient (Wildman–Crippen LogP) is 1.41. The van der Waals surface area contributed by atoms with E-state index in [1.54, 1.807) is 11.6 Å². The summed E-state index contributed by atoms with van der Waals surface area (Å²) in [5, 5.41) is 7.23. The molecule has 0 radical (unpaired) electrons. The minimum Gasteiger partial charge on any atom is -0.315 e. The number of hydrogen-bond donors (Lipinski definition) is 2. The average molecular weight is 169 g/mol. The van der Waals surface area contributed by atoms with Crippen LogP contribution in [0.1, 0.15) is 0 Å². The zero-order chi connectivity index (χ0) is 8.10. The Bertz CT molecular complexity index is 244. The van der Waals surface area contributed by atoms with Crippen molar-refractivity contribution in [2.45, 2.75) is 0 Å². The maximum Gasteiger partial charge on any atom is 0.324 e. The van der Waals surface area contributed by atoms with Crippen LogP contribution in [0, 0.1) is 0 Å². The van der Waals surface area contributed by atoms with Crippen molar-refractivity contribution >= 4 is 22.5 Å². The summed E-state index contributed by atoms with van der Waals surface area (Å²) in [6.07, 6.45) is 2.93. The summed E-state index contributed by atoms with van der Waals surface area (Å²) in [6.45, 7) is 3.34.